The van der Waals surface area contributed by atoms with E-state index in [1.54, 1.807) is 0 Å². The third-order valence-corrected chi connectivity index (χ3v) is 4.02. The van der Waals surface area contributed by atoms with Crippen LogP contribution in [0.5, 0.6) is 0 Å². The lowest BCUT2D eigenvalue weighted by Crippen LogP contribution is -2.39. The van der Waals surface area contributed by atoms with E-state index in [2.05, 4.69) is 18.7 Å². The quantitative estimate of drug-likeness (QED) is 0.709. The van der Waals surface area contributed by atoms with Gasteiger partial charge in [-0.2, -0.15) is 0 Å². The van der Waals surface area contributed by atoms with Crippen LogP contribution >= 0.6 is 0 Å². The number of aliphatic hydroxyl groups excluding tert-OH is 1. The summed E-state index contributed by atoms with van der Waals surface area (Å²) in [6.45, 7) is 9.98. The van der Waals surface area contributed by atoms with Crippen LogP contribution in [0, 0.1) is 11.8 Å². The second kappa shape index (κ2) is 8.90. The van der Waals surface area contributed by atoms with Crippen LogP contribution in [-0.2, 0) is 4.74 Å². The summed E-state index contributed by atoms with van der Waals surface area (Å²) < 4.78 is 5.37. The van der Waals surface area contributed by atoms with Crippen LogP contribution in [0.25, 0.3) is 0 Å². The van der Waals surface area contributed by atoms with Gasteiger partial charge in [0.15, 0.2) is 0 Å². The van der Waals surface area contributed by atoms with Crippen molar-refractivity contribution in [2.24, 2.45) is 11.8 Å². The van der Waals surface area contributed by atoms with Gasteiger partial charge < -0.3 is 9.84 Å². The molecule has 0 aliphatic carbocycles. The van der Waals surface area contributed by atoms with Gasteiger partial charge in [-0.3, -0.25) is 4.90 Å². The van der Waals surface area contributed by atoms with Gasteiger partial charge in [0, 0.05) is 26.2 Å². The van der Waals surface area contributed by atoms with Crippen molar-refractivity contribution in [1.29, 1.82) is 0 Å². The molecule has 1 fully saturated rings. The molecule has 1 aliphatic rings. The second-order valence-electron chi connectivity index (χ2n) is 5.22. The maximum absolute atomic E-state index is 9.21. The molecule has 102 valence electrons. The minimum atomic E-state index is 0.352. The zero-order chi connectivity index (χ0) is 12.5. The highest BCUT2D eigenvalue weighted by atomic mass is 16.5. The highest BCUT2D eigenvalue weighted by Crippen LogP contribution is 2.19. The number of hydrogen-bond acceptors (Lipinski definition) is 3. The molecule has 0 spiro atoms. The molecule has 0 amide bonds. The number of aliphatic hydroxyl groups is 1. The van der Waals surface area contributed by atoms with Gasteiger partial charge in [-0.25, -0.2) is 0 Å². The number of morpholine rings is 1. The standard InChI is InChI=1S/C14H29NO2/c1-3-13(5-6-14(4-2)12-16)11-15-7-9-17-10-8-15/h13-14,16H,3-12H2,1-2H3. The first-order valence-electron chi connectivity index (χ1n) is 7.21. The molecule has 0 aromatic heterocycles. The van der Waals surface area contributed by atoms with Crippen molar-refractivity contribution in [3.05, 3.63) is 0 Å². The van der Waals surface area contributed by atoms with Gasteiger partial charge >= 0.3 is 0 Å². The Balaban J connectivity index is 2.22. The van der Waals surface area contributed by atoms with Crippen molar-refractivity contribution in [3.63, 3.8) is 0 Å². The summed E-state index contributed by atoms with van der Waals surface area (Å²) in [6, 6.07) is 0. The summed E-state index contributed by atoms with van der Waals surface area (Å²) in [5.41, 5.74) is 0. The van der Waals surface area contributed by atoms with Crippen molar-refractivity contribution in [2.45, 2.75) is 39.5 Å². The highest BCUT2D eigenvalue weighted by molar-refractivity contribution is 4.69. The van der Waals surface area contributed by atoms with E-state index in [4.69, 9.17) is 4.74 Å². The first-order valence-corrected chi connectivity index (χ1v) is 7.21. The van der Waals surface area contributed by atoms with Crippen LogP contribution in [0.2, 0.25) is 0 Å². The van der Waals surface area contributed by atoms with Gasteiger partial charge in [0.25, 0.3) is 0 Å². The molecule has 2 atom stereocenters. The average Bonchev–Trinajstić information content (AvgIpc) is 2.39. The van der Waals surface area contributed by atoms with Gasteiger partial charge in [-0.15, -0.1) is 0 Å². The predicted octanol–water partition coefficient (Wildman–Crippen LogP) is 2.14. The maximum atomic E-state index is 9.21. The molecule has 2 unspecified atom stereocenters. The van der Waals surface area contributed by atoms with Crippen molar-refractivity contribution in [2.75, 3.05) is 39.5 Å². The highest BCUT2D eigenvalue weighted by Gasteiger charge is 2.16. The Kier molecular flexibility index (Phi) is 7.82. The van der Waals surface area contributed by atoms with E-state index in [1.807, 2.05) is 0 Å². The second-order valence-corrected chi connectivity index (χ2v) is 5.22. The van der Waals surface area contributed by atoms with E-state index in [0.29, 0.717) is 12.5 Å². The Morgan fingerprint density at radius 1 is 1.06 bits per heavy atom. The molecule has 1 saturated heterocycles. The number of rotatable bonds is 8. The molecule has 1 N–H and O–H groups in total. The molecule has 17 heavy (non-hydrogen) atoms. The fourth-order valence-electron chi connectivity index (χ4n) is 2.47. The van der Waals surface area contributed by atoms with Crippen LogP contribution in [0.3, 0.4) is 0 Å². The molecule has 0 radical (unpaired) electrons. The molecular formula is C14H29NO2. The van der Waals surface area contributed by atoms with E-state index in [1.165, 1.54) is 25.8 Å². The molecule has 1 heterocycles. The molecule has 0 saturated carbocycles. The van der Waals surface area contributed by atoms with E-state index >= 15 is 0 Å². The van der Waals surface area contributed by atoms with Gasteiger partial charge in [-0.1, -0.05) is 26.7 Å². The molecule has 0 aromatic rings. The summed E-state index contributed by atoms with van der Waals surface area (Å²) in [5.74, 6) is 1.29. The van der Waals surface area contributed by atoms with E-state index in [-0.39, 0.29) is 0 Å². The van der Waals surface area contributed by atoms with Crippen molar-refractivity contribution >= 4 is 0 Å². The Morgan fingerprint density at radius 2 is 1.65 bits per heavy atom. The van der Waals surface area contributed by atoms with E-state index < -0.39 is 0 Å². The van der Waals surface area contributed by atoms with Gasteiger partial charge in [0.1, 0.15) is 0 Å². The van der Waals surface area contributed by atoms with Crippen molar-refractivity contribution in [3.8, 4) is 0 Å². The number of nitrogens with zero attached hydrogens (tertiary/aromatic N) is 1. The van der Waals surface area contributed by atoms with Crippen LogP contribution in [0.1, 0.15) is 39.5 Å². The normalized spacial score (nSPS) is 21.4. The Labute approximate surface area is 106 Å². The van der Waals surface area contributed by atoms with Gasteiger partial charge in [-0.05, 0) is 24.7 Å². The largest absolute Gasteiger partial charge is 0.396 e. The smallest absolute Gasteiger partial charge is 0.0594 e. The Bertz CT molecular complexity index is 177. The summed E-state index contributed by atoms with van der Waals surface area (Å²) in [7, 11) is 0. The topological polar surface area (TPSA) is 32.7 Å². The molecule has 3 nitrogen and oxygen atoms in total. The fraction of sp³-hybridized carbons (Fsp3) is 1.00. The Hall–Kier alpha value is -0.120. The summed E-state index contributed by atoms with van der Waals surface area (Å²) in [6.07, 6.45) is 4.78. The molecule has 0 aromatic carbocycles. The summed E-state index contributed by atoms with van der Waals surface area (Å²) >= 11 is 0. The molecule has 1 aliphatic heterocycles. The zero-order valence-electron chi connectivity index (χ0n) is 11.5. The molecule has 1 rings (SSSR count). The average molecular weight is 243 g/mol. The molecule has 0 bridgehead atoms. The third kappa shape index (κ3) is 5.84. The van der Waals surface area contributed by atoms with E-state index in [0.717, 1.165) is 38.6 Å². The monoisotopic (exact) mass is 243 g/mol. The predicted molar refractivity (Wildman–Crippen MR) is 71.1 cm³/mol. The lowest BCUT2D eigenvalue weighted by Gasteiger charge is -2.30. The fourth-order valence-corrected chi connectivity index (χ4v) is 2.47. The first kappa shape index (κ1) is 14.9. The maximum Gasteiger partial charge on any atom is 0.0594 e. The summed E-state index contributed by atoms with van der Waals surface area (Å²) in [5, 5.41) is 9.21. The van der Waals surface area contributed by atoms with Crippen LogP contribution in [0.15, 0.2) is 0 Å². The third-order valence-electron chi connectivity index (χ3n) is 4.02. The van der Waals surface area contributed by atoms with Crippen molar-refractivity contribution < 1.29 is 9.84 Å². The van der Waals surface area contributed by atoms with Crippen LogP contribution in [-0.4, -0.2) is 49.5 Å². The van der Waals surface area contributed by atoms with Crippen LogP contribution in [0.4, 0.5) is 0 Å². The minimum Gasteiger partial charge on any atom is -0.396 e. The SMILES string of the molecule is CCC(CO)CCC(CC)CN1CCOCC1. The number of hydrogen-bond donors (Lipinski definition) is 1. The lowest BCUT2D eigenvalue weighted by atomic mass is 9.92. The lowest BCUT2D eigenvalue weighted by molar-refractivity contribution is 0.0290. The van der Waals surface area contributed by atoms with Gasteiger partial charge in [0.2, 0.25) is 0 Å². The van der Waals surface area contributed by atoms with Crippen LogP contribution < -0.4 is 0 Å². The minimum absolute atomic E-state index is 0.352. The Morgan fingerprint density at radius 3 is 2.18 bits per heavy atom. The number of ether oxygens (including phenoxy) is 1. The summed E-state index contributed by atoms with van der Waals surface area (Å²) in [4.78, 5) is 2.53. The van der Waals surface area contributed by atoms with Crippen molar-refractivity contribution in [1.82, 2.24) is 4.90 Å². The molecular weight excluding hydrogens is 214 g/mol. The molecule has 3 heteroatoms. The van der Waals surface area contributed by atoms with Gasteiger partial charge in [0.05, 0.1) is 13.2 Å². The zero-order valence-corrected chi connectivity index (χ0v) is 11.5. The first-order chi connectivity index (χ1) is 8.30. The van der Waals surface area contributed by atoms with E-state index in [9.17, 15) is 5.11 Å².